The van der Waals surface area contributed by atoms with Gasteiger partial charge >= 0.3 is 6.03 Å². The van der Waals surface area contributed by atoms with Crippen LogP contribution in [-0.4, -0.2) is 43.0 Å². The highest BCUT2D eigenvalue weighted by molar-refractivity contribution is 7.91. The number of benzene rings is 2. The molecule has 4 rings (SSSR count). The third kappa shape index (κ3) is 3.01. The predicted molar refractivity (Wildman–Crippen MR) is 106 cm³/mol. The molecule has 2 atom stereocenters. The van der Waals surface area contributed by atoms with E-state index < -0.39 is 26.8 Å². The number of rotatable bonds is 3. The number of non-ortho nitro benzene ring substituents is 1. The Kier molecular flexibility index (Phi) is 4.15. The van der Waals surface area contributed by atoms with Crippen LogP contribution in [0.15, 0.2) is 42.5 Å². The third-order valence-electron chi connectivity index (χ3n) is 5.19. The minimum Gasteiger partial charge on any atom is -0.288 e. The van der Waals surface area contributed by atoms with Crippen LogP contribution in [0.3, 0.4) is 0 Å². The van der Waals surface area contributed by atoms with Gasteiger partial charge in [0.2, 0.25) is 0 Å². The summed E-state index contributed by atoms with van der Waals surface area (Å²) < 4.78 is 24.7. The van der Waals surface area contributed by atoms with Gasteiger partial charge in [-0.2, -0.15) is 0 Å². The highest BCUT2D eigenvalue weighted by Crippen LogP contribution is 2.38. The molecule has 2 aliphatic rings. The molecule has 2 aromatic rings. The number of aryl methyl sites for hydroxylation is 2. The van der Waals surface area contributed by atoms with Gasteiger partial charge in [0, 0.05) is 23.5 Å². The van der Waals surface area contributed by atoms with Crippen LogP contribution in [0.5, 0.6) is 0 Å². The molecule has 9 heteroatoms. The van der Waals surface area contributed by atoms with Crippen molar-refractivity contribution in [3.8, 4) is 0 Å². The first-order valence-electron chi connectivity index (χ1n) is 8.82. The van der Waals surface area contributed by atoms with Crippen molar-refractivity contribution in [3.05, 3.63) is 63.7 Å². The number of sulfone groups is 1. The fourth-order valence-corrected chi connectivity index (χ4v) is 6.05. The quantitative estimate of drug-likeness (QED) is 0.447. The Labute approximate surface area is 162 Å². The van der Waals surface area contributed by atoms with Gasteiger partial charge in [0.25, 0.3) is 5.69 Å². The van der Waals surface area contributed by atoms with Crippen LogP contribution in [-0.2, 0) is 9.84 Å². The van der Waals surface area contributed by atoms with E-state index in [0.717, 1.165) is 11.1 Å². The summed E-state index contributed by atoms with van der Waals surface area (Å²) in [5.74, 6) is -0.221. The second-order valence-electron chi connectivity index (χ2n) is 7.35. The standard InChI is InChI=1S/C19H19N3O5S/c1-12-7-13(2)9-16(8-12)21-18-11-28(26,27)10-17(18)20(19(21)23)14-3-5-15(6-4-14)22(24)25/h3-9,17-18H,10-11H2,1-2H3/t17-,18+/m1/s1. The second-order valence-corrected chi connectivity index (χ2v) is 9.51. The van der Waals surface area contributed by atoms with Gasteiger partial charge in [-0.3, -0.25) is 19.9 Å². The normalized spacial score (nSPS) is 23.1. The molecular weight excluding hydrogens is 382 g/mol. The maximum atomic E-state index is 13.3. The number of anilines is 2. The minimum absolute atomic E-state index is 0.0860. The van der Waals surface area contributed by atoms with Gasteiger partial charge in [0.1, 0.15) is 0 Å². The molecule has 0 N–H and O–H groups in total. The molecule has 0 bridgehead atoms. The van der Waals surface area contributed by atoms with E-state index in [2.05, 4.69) is 0 Å². The number of nitrogens with zero attached hydrogens (tertiary/aromatic N) is 3. The first kappa shape index (κ1) is 18.4. The largest absolute Gasteiger partial charge is 0.329 e. The summed E-state index contributed by atoms with van der Waals surface area (Å²) in [5.41, 5.74) is 2.99. The molecule has 0 saturated carbocycles. The first-order chi connectivity index (χ1) is 13.2. The average Bonchev–Trinajstić information content (AvgIpc) is 3.02. The second kappa shape index (κ2) is 6.30. The van der Waals surface area contributed by atoms with Crippen molar-refractivity contribution >= 4 is 32.9 Å². The number of fused-ring (bicyclic) bond motifs is 1. The zero-order valence-corrected chi connectivity index (χ0v) is 16.2. The van der Waals surface area contributed by atoms with E-state index in [1.54, 1.807) is 4.90 Å². The van der Waals surface area contributed by atoms with E-state index in [1.165, 1.54) is 29.2 Å². The smallest absolute Gasteiger partial charge is 0.288 e. The number of nitro groups is 1. The molecule has 2 amide bonds. The van der Waals surface area contributed by atoms with E-state index in [4.69, 9.17) is 0 Å². The van der Waals surface area contributed by atoms with E-state index in [9.17, 15) is 23.3 Å². The van der Waals surface area contributed by atoms with Crippen molar-refractivity contribution in [3.63, 3.8) is 0 Å². The highest BCUT2D eigenvalue weighted by Gasteiger charge is 2.54. The number of carbonyl (C=O) groups excluding carboxylic acids is 1. The van der Waals surface area contributed by atoms with Crippen LogP contribution < -0.4 is 9.80 Å². The predicted octanol–water partition coefficient (Wildman–Crippen LogP) is 2.82. The van der Waals surface area contributed by atoms with E-state index in [0.29, 0.717) is 11.4 Å². The Bertz CT molecular complexity index is 1060. The summed E-state index contributed by atoms with van der Waals surface area (Å²) in [7, 11) is -3.30. The number of carbonyl (C=O) groups is 1. The molecule has 146 valence electrons. The highest BCUT2D eigenvalue weighted by atomic mass is 32.2. The van der Waals surface area contributed by atoms with Gasteiger partial charge in [-0.25, -0.2) is 13.2 Å². The summed E-state index contributed by atoms with van der Waals surface area (Å²) in [6.45, 7) is 3.85. The zero-order chi connectivity index (χ0) is 20.2. The van der Waals surface area contributed by atoms with Crippen LogP contribution in [0.1, 0.15) is 11.1 Å². The van der Waals surface area contributed by atoms with Crippen LogP contribution in [0.4, 0.5) is 21.9 Å². The fraction of sp³-hybridized carbons (Fsp3) is 0.316. The molecule has 8 nitrogen and oxygen atoms in total. The SMILES string of the molecule is Cc1cc(C)cc(N2C(=O)N(c3ccc([N+](=O)[O-])cc3)[C@@H]3CS(=O)(=O)C[C@@H]32)c1. The minimum atomic E-state index is -3.30. The van der Waals surface area contributed by atoms with Gasteiger partial charge in [0.15, 0.2) is 9.84 Å². The summed E-state index contributed by atoms with van der Waals surface area (Å²) in [6.07, 6.45) is 0. The fourth-order valence-electron chi connectivity index (χ4n) is 4.13. The molecule has 0 aromatic heterocycles. The van der Waals surface area contributed by atoms with Crippen molar-refractivity contribution < 1.29 is 18.1 Å². The lowest BCUT2D eigenvalue weighted by atomic mass is 10.1. The summed E-state index contributed by atoms with van der Waals surface area (Å²) in [4.78, 5) is 26.7. The lowest BCUT2D eigenvalue weighted by molar-refractivity contribution is -0.384. The lowest BCUT2D eigenvalue weighted by Gasteiger charge is -2.23. The van der Waals surface area contributed by atoms with Crippen molar-refractivity contribution in [2.24, 2.45) is 0 Å². The van der Waals surface area contributed by atoms with Gasteiger partial charge in [-0.15, -0.1) is 0 Å². The Morgan fingerprint density at radius 2 is 1.43 bits per heavy atom. The van der Waals surface area contributed by atoms with Crippen LogP contribution in [0.25, 0.3) is 0 Å². The molecule has 28 heavy (non-hydrogen) atoms. The molecule has 2 aliphatic heterocycles. The molecule has 2 aromatic carbocycles. The van der Waals surface area contributed by atoms with Crippen molar-refractivity contribution in [2.75, 3.05) is 21.3 Å². The Morgan fingerprint density at radius 1 is 0.929 bits per heavy atom. The third-order valence-corrected chi connectivity index (χ3v) is 6.89. The molecule has 0 unspecified atom stereocenters. The van der Waals surface area contributed by atoms with E-state index >= 15 is 0 Å². The van der Waals surface area contributed by atoms with Gasteiger partial charge in [0.05, 0.1) is 28.5 Å². The molecule has 2 heterocycles. The number of urea groups is 1. The lowest BCUT2D eigenvalue weighted by Crippen LogP contribution is -2.38. The monoisotopic (exact) mass is 401 g/mol. The summed E-state index contributed by atoms with van der Waals surface area (Å²) in [5, 5.41) is 10.9. The first-order valence-corrected chi connectivity index (χ1v) is 10.6. The van der Waals surface area contributed by atoms with E-state index in [1.807, 2.05) is 32.0 Å². The Hall–Kier alpha value is -2.94. The van der Waals surface area contributed by atoms with Crippen molar-refractivity contribution in [1.82, 2.24) is 0 Å². The number of hydrogen-bond donors (Lipinski definition) is 0. The van der Waals surface area contributed by atoms with Crippen molar-refractivity contribution in [2.45, 2.75) is 25.9 Å². The zero-order valence-electron chi connectivity index (χ0n) is 15.4. The van der Waals surface area contributed by atoms with E-state index in [-0.39, 0.29) is 23.2 Å². The molecule has 0 radical (unpaired) electrons. The number of amides is 2. The maximum Gasteiger partial charge on any atom is 0.329 e. The topological polar surface area (TPSA) is 101 Å². The molecular formula is C19H19N3O5S. The summed E-state index contributed by atoms with van der Waals surface area (Å²) >= 11 is 0. The maximum absolute atomic E-state index is 13.3. The molecule has 0 aliphatic carbocycles. The van der Waals surface area contributed by atoms with Crippen LogP contribution >= 0.6 is 0 Å². The Morgan fingerprint density at radius 3 is 1.93 bits per heavy atom. The van der Waals surface area contributed by atoms with Gasteiger partial charge < -0.3 is 0 Å². The Balaban J connectivity index is 1.79. The number of hydrogen-bond acceptors (Lipinski definition) is 5. The molecule has 2 saturated heterocycles. The average molecular weight is 401 g/mol. The molecule has 2 fully saturated rings. The van der Waals surface area contributed by atoms with Crippen LogP contribution in [0.2, 0.25) is 0 Å². The number of nitro benzene ring substituents is 1. The van der Waals surface area contributed by atoms with Crippen LogP contribution in [0, 0.1) is 24.0 Å². The van der Waals surface area contributed by atoms with Crippen molar-refractivity contribution in [1.29, 1.82) is 0 Å². The molecule has 0 spiro atoms. The van der Waals surface area contributed by atoms with Gasteiger partial charge in [-0.1, -0.05) is 6.07 Å². The van der Waals surface area contributed by atoms with Gasteiger partial charge in [-0.05, 0) is 49.2 Å². The summed E-state index contributed by atoms with van der Waals surface area (Å²) in [6, 6.07) is 10.0.